The first kappa shape index (κ1) is 16.9. The molecule has 0 bridgehead atoms. The van der Waals surface area contributed by atoms with Crippen LogP contribution in [-0.2, 0) is 16.6 Å². The number of sulfonamides is 1. The van der Waals surface area contributed by atoms with Gasteiger partial charge < -0.3 is 4.52 Å². The molecule has 1 atom stereocenters. The number of rotatable bonds is 6. The fourth-order valence-corrected chi connectivity index (χ4v) is 5.15. The minimum Gasteiger partial charge on any atom is -0.340 e. The van der Waals surface area contributed by atoms with E-state index in [1.54, 1.807) is 11.2 Å². The zero-order chi connectivity index (χ0) is 16.4. The number of nitrogens with zero attached hydrogens (tertiary/aromatic N) is 4. The van der Waals surface area contributed by atoms with Crippen LogP contribution in [0.4, 0.5) is 0 Å². The van der Waals surface area contributed by atoms with Gasteiger partial charge in [-0.2, -0.15) is 4.98 Å². The second kappa shape index (κ2) is 6.86. The zero-order valence-electron chi connectivity index (χ0n) is 13.9. The number of hydrogen-bond donors (Lipinski definition) is 0. The molecule has 0 aromatic carbocycles. The molecule has 23 heavy (non-hydrogen) atoms. The van der Waals surface area contributed by atoms with Gasteiger partial charge in [-0.1, -0.05) is 5.16 Å². The van der Waals surface area contributed by atoms with Gasteiger partial charge in [0.05, 0.1) is 12.3 Å². The molecular formula is C15H26N4O3S. The highest BCUT2D eigenvalue weighted by molar-refractivity contribution is 7.89. The third-order valence-corrected chi connectivity index (χ3v) is 6.82. The van der Waals surface area contributed by atoms with Crippen LogP contribution in [-0.4, -0.2) is 59.7 Å². The monoisotopic (exact) mass is 342 g/mol. The Kier molecular flexibility index (Phi) is 5.03. The molecule has 0 N–H and O–H groups in total. The van der Waals surface area contributed by atoms with E-state index in [9.17, 15) is 8.42 Å². The van der Waals surface area contributed by atoms with E-state index in [2.05, 4.69) is 15.0 Å². The Morgan fingerprint density at radius 3 is 2.70 bits per heavy atom. The molecule has 0 unspecified atom stereocenters. The van der Waals surface area contributed by atoms with Crippen molar-refractivity contribution in [1.82, 2.24) is 19.3 Å². The Labute approximate surface area is 138 Å². The van der Waals surface area contributed by atoms with Gasteiger partial charge in [-0.15, -0.1) is 0 Å². The molecule has 1 aromatic heterocycles. The van der Waals surface area contributed by atoms with E-state index >= 15 is 0 Å². The molecule has 0 spiro atoms. The van der Waals surface area contributed by atoms with Crippen molar-refractivity contribution in [3.63, 3.8) is 0 Å². The maximum absolute atomic E-state index is 12.4. The van der Waals surface area contributed by atoms with E-state index < -0.39 is 10.0 Å². The van der Waals surface area contributed by atoms with E-state index in [-0.39, 0.29) is 0 Å². The summed E-state index contributed by atoms with van der Waals surface area (Å²) in [5.41, 5.74) is 0. The van der Waals surface area contributed by atoms with Gasteiger partial charge >= 0.3 is 0 Å². The number of aromatic nitrogens is 2. The van der Waals surface area contributed by atoms with Crippen LogP contribution >= 0.6 is 0 Å². The van der Waals surface area contributed by atoms with Crippen LogP contribution in [0.25, 0.3) is 0 Å². The van der Waals surface area contributed by atoms with Crippen LogP contribution in [0.3, 0.4) is 0 Å². The molecule has 8 heteroatoms. The molecule has 130 valence electrons. The van der Waals surface area contributed by atoms with Crippen molar-refractivity contribution in [2.75, 3.05) is 25.9 Å². The first-order chi connectivity index (χ1) is 10.9. The first-order valence-corrected chi connectivity index (χ1v) is 10.0. The molecule has 3 rings (SSSR count). The van der Waals surface area contributed by atoms with Crippen LogP contribution in [0, 0.1) is 12.8 Å². The van der Waals surface area contributed by atoms with Crippen LogP contribution in [0.15, 0.2) is 4.52 Å². The molecule has 1 aliphatic carbocycles. The lowest BCUT2D eigenvalue weighted by atomic mass is 10.1. The summed E-state index contributed by atoms with van der Waals surface area (Å²) in [5.74, 6) is 2.01. The van der Waals surface area contributed by atoms with E-state index in [0.717, 1.165) is 32.1 Å². The van der Waals surface area contributed by atoms with Gasteiger partial charge in [0.25, 0.3) is 0 Å². The molecule has 2 heterocycles. The Bertz CT molecular complexity index is 626. The molecule has 1 aliphatic heterocycles. The van der Waals surface area contributed by atoms with Gasteiger partial charge in [-0.05, 0) is 45.1 Å². The van der Waals surface area contributed by atoms with E-state index in [0.29, 0.717) is 49.1 Å². The zero-order valence-corrected chi connectivity index (χ0v) is 14.8. The molecule has 0 amide bonds. The molecule has 2 aliphatic rings. The minimum atomic E-state index is -3.07. The lowest BCUT2D eigenvalue weighted by molar-refractivity contribution is 0.207. The molecule has 0 radical (unpaired) electrons. The predicted molar refractivity (Wildman–Crippen MR) is 86.2 cm³/mol. The van der Waals surface area contributed by atoms with Crippen LogP contribution in [0.1, 0.15) is 43.8 Å². The van der Waals surface area contributed by atoms with Gasteiger partial charge in [0.1, 0.15) is 0 Å². The van der Waals surface area contributed by atoms with E-state index in [4.69, 9.17) is 4.52 Å². The predicted octanol–water partition coefficient (Wildman–Crippen LogP) is 1.40. The van der Waals surface area contributed by atoms with Crippen molar-refractivity contribution < 1.29 is 12.9 Å². The van der Waals surface area contributed by atoms with Crippen molar-refractivity contribution in [3.05, 3.63) is 11.7 Å². The van der Waals surface area contributed by atoms with Crippen LogP contribution in [0.5, 0.6) is 0 Å². The van der Waals surface area contributed by atoms with Crippen LogP contribution < -0.4 is 0 Å². The molecule has 1 saturated carbocycles. The maximum atomic E-state index is 12.4. The largest absolute Gasteiger partial charge is 0.340 e. The maximum Gasteiger partial charge on any atom is 0.223 e. The lowest BCUT2D eigenvalue weighted by Gasteiger charge is -2.26. The summed E-state index contributed by atoms with van der Waals surface area (Å²) in [7, 11) is -1.03. The van der Waals surface area contributed by atoms with Crippen molar-refractivity contribution in [1.29, 1.82) is 0 Å². The minimum absolute atomic E-state index is 0.343. The number of aryl methyl sites for hydroxylation is 1. The summed E-state index contributed by atoms with van der Waals surface area (Å²) < 4.78 is 31.6. The standard InChI is InChI=1S/C15H26N4O3S/c1-12-16-15(17-22-12)10-18(2)14-4-3-8-19(9-7-14)23(20,21)11-13-5-6-13/h13-14H,3-11H2,1-2H3/t14-/m1/s1. The highest BCUT2D eigenvalue weighted by atomic mass is 32.2. The van der Waals surface area contributed by atoms with Crippen LogP contribution in [0.2, 0.25) is 0 Å². The summed E-state index contributed by atoms with van der Waals surface area (Å²) in [6, 6.07) is 0.356. The third-order valence-electron chi connectivity index (χ3n) is 4.78. The van der Waals surface area contributed by atoms with Crippen molar-refractivity contribution in [2.45, 2.75) is 51.6 Å². The average molecular weight is 342 g/mol. The average Bonchev–Trinajstić information content (AvgIpc) is 3.24. The Balaban J connectivity index is 1.55. The van der Waals surface area contributed by atoms with Gasteiger partial charge in [-0.25, -0.2) is 12.7 Å². The third kappa shape index (κ3) is 4.51. The summed E-state index contributed by atoms with van der Waals surface area (Å²) >= 11 is 0. The van der Waals surface area contributed by atoms with Gasteiger partial charge in [-0.3, -0.25) is 4.90 Å². The van der Waals surface area contributed by atoms with E-state index in [1.807, 2.05) is 7.05 Å². The summed E-state index contributed by atoms with van der Waals surface area (Å²) in [5, 5.41) is 3.93. The molecule has 7 nitrogen and oxygen atoms in total. The summed E-state index contributed by atoms with van der Waals surface area (Å²) in [6.07, 6.45) is 4.91. The fourth-order valence-electron chi connectivity index (χ4n) is 3.22. The van der Waals surface area contributed by atoms with Crippen molar-refractivity contribution in [3.8, 4) is 0 Å². The molecule has 1 aromatic rings. The Morgan fingerprint density at radius 2 is 2.04 bits per heavy atom. The molecule has 1 saturated heterocycles. The first-order valence-electron chi connectivity index (χ1n) is 8.41. The van der Waals surface area contributed by atoms with Gasteiger partial charge in [0.15, 0.2) is 5.82 Å². The topological polar surface area (TPSA) is 79.5 Å². The smallest absolute Gasteiger partial charge is 0.223 e. The van der Waals surface area contributed by atoms with Crippen molar-refractivity contribution >= 4 is 10.0 Å². The molecule has 2 fully saturated rings. The SMILES string of the molecule is Cc1nc(CN(C)[C@@H]2CCCN(S(=O)(=O)CC3CC3)CC2)no1. The highest BCUT2D eigenvalue weighted by Gasteiger charge is 2.33. The normalized spacial score (nSPS) is 24.0. The van der Waals surface area contributed by atoms with Crippen molar-refractivity contribution in [2.24, 2.45) is 5.92 Å². The van der Waals surface area contributed by atoms with E-state index in [1.165, 1.54) is 0 Å². The Morgan fingerprint density at radius 1 is 1.26 bits per heavy atom. The second-order valence-corrected chi connectivity index (χ2v) is 8.86. The fraction of sp³-hybridized carbons (Fsp3) is 0.867. The highest BCUT2D eigenvalue weighted by Crippen LogP contribution is 2.31. The van der Waals surface area contributed by atoms with Gasteiger partial charge in [0, 0.05) is 26.1 Å². The summed E-state index contributed by atoms with van der Waals surface area (Å²) in [6.45, 7) is 3.69. The Hall–Kier alpha value is -0.990. The molecular weight excluding hydrogens is 316 g/mol. The summed E-state index contributed by atoms with van der Waals surface area (Å²) in [4.78, 5) is 6.45. The van der Waals surface area contributed by atoms with Gasteiger partial charge in [0.2, 0.25) is 15.9 Å². The second-order valence-electron chi connectivity index (χ2n) is 6.85. The quantitative estimate of drug-likeness (QED) is 0.777. The number of hydrogen-bond acceptors (Lipinski definition) is 6. The lowest BCUT2D eigenvalue weighted by Crippen LogP contribution is -2.36.